The first-order valence-corrected chi connectivity index (χ1v) is 10.5. The molecule has 0 atom stereocenters. The van der Waals surface area contributed by atoms with E-state index in [1.807, 2.05) is 18.2 Å². The van der Waals surface area contributed by atoms with Gasteiger partial charge in [-0.25, -0.2) is 0 Å². The van der Waals surface area contributed by atoms with Crippen LogP contribution in [-0.2, 0) is 16.8 Å². The Bertz CT molecular complexity index is 719. The van der Waals surface area contributed by atoms with Gasteiger partial charge in [0.2, 0.25) is 0 Å². The third-order valence-electron chi connectivity index (χ3n) is 5.21. The Morgan fingerprint density at radius 1 is 1.00 bits per heavy atom. The van der Waals surface area contributed by atoms with E-state index in [4.69, 9.17) is 5.53 Å². The number of benzene rings is 1. The van der Waals surface area contributed by atoms with Crippen molar-refractivity contribution >= 4 is 10.2 Å². The Labute approximate surface area is 155 Å². The molecule has 8 nitrogen and oxygen atoms in total. The molecular weight excluding hydrogens is 352 g/mol. The summed E-state index contributed by atoms with van der Waals surface area (Å²) in [5.74, 6) is 0.292. The lowest BCUT2D eigenvalue weighted by molar-refractivity contribution is 0.170. The van der Waals surface area contributed by atoms with Crippen molar-refractivity contribution < 1.29 is 8.42 Å². The molecule has 3 rings (SSSR count). The quantitative estimate of drug-likeness (QED) is 0.431. The lowest BCUT2D eigenvalue weighted by Crippen LogP contribution is -2.54. The van der Waals surface area contributed by atoms with Crippen molar-refractivity contribution in [3.63, 3.8) is 0 Å². The summed E-state index contributed by atoms with van der Waals surface area (Å²) in [7, 11) is -3.39. The second kappa shape index (κ2) is 8.83. The van der Waals surface area contributed by atoms with Crippen LogP contribution in [0, 0.1) is 5.92 Å². The van der Waals surface area contributed by atoms with Crippen molar-refractivity contribution in [2.75, 3.05) is 45.8 Å². The molecule has 0 saturated carbocycles. The normalized spacial score (nSPS) is 21.4. The molecule has 2 aliphatic rings. The van der Waals surface area contributed by atoms with Crippen molar-refractivity contribution in [3.05, 3.63) is 46.3 Å². The maximum absolute atomic E-state index is 12.9. The van der Waals surface area contributed by atoms with E-state index < -0.39 is 10.2 Å². The van der Waals surface area contributed by atoms with Crippen LogP contribution in [0.5, 0.6) is 0 Å². The van der Waals surface area contributed by atoms with E-state index in [0.29, 0.717) is 38.6 Å². The van der Waals surface area contributed by atoms with E-state index in [9.17, 15) is 8.42 Å². The minimum Gasteiger partial charge on any atom is -0.296 e. The first-order valence-electron chi connectivity index (χ1n) is 9.12. The van der Waals surface area contributed by atoms with Gasteiger partial charge in [0.1, 0.15) is 0 Å². The largest absolute Gasteiger partial charge is 0.296 e. The van der Waals surface area contributed by atoms with E-state index in [0.717, 1.165) is 32.5 Å². The minimum atomic E-state index is -3.39. The van der Waals surface area contributed by atoms with Crippen LogP contribution in [0.1, 0.15) is 18.4 Å². The van der Waals surface area contributed by atoms with Crippen LogP contribution in [0.2, 0.25) is 0 Å². The zero-order chi connectivity index (χ0) is 18.4. The van der Waals surface area contributed by atoms with Gasteiger partial charge in [-0.15, -0.1) is 0 Å². The molecule has 0 aliphatic carbocycles. The number of hydrogen-bond donors (Lipinski definition) is 0. The second-order valence-electron chi connectivity index (χ2n) is 6.92. The molecule has 2 fully saturated rings. The number of piperidine rings is 1. The van der Waals surface area contributed by atoms with Crippen molar-refractivity contribution in [1.82, 2.24) is 13.5 Å². The van der Waals surface area contributed by atoms with Gasteiger partial charge < -0.3 is 0 Å². The van der Waals surface area contributed by atoms with Crippen LogP contribution in [0.3, 0.4) is 0 Å². The predicted octanol–water partition coefficient (Wildman–Crippen LogP) is 2.07. The molecule has 142 valence electrons. The van der Waals surface area contributed by atoms with Gasteiger partial charge in [0.15, 0.2) is 0 Å². The number of rotatable bonds is 6. The van der Waals surface area contributed by atoms with E-state index in [-0.39, 0.29) is 0 Å². The summed E-state index contributed by atoms with van der Waals surface area (Å²) < 4.78 is 29.0. The zero-order valence-corrected chi connectivity index (χ0v) is 15.8. The Hall–Kier alpha value is -1.64. The van der Waals surface area contributed by atoms with Crippen molar-refractivity contribution in [2.45, 2.75) is 19.4 Å². The first-order chi connectivity index (χ1) is 12.6. The molecule has 1 aromatic carbocycles. The average Bonchev–Trinajstić information content (AvgIpc) is 2.68. The first kappa shape index (κ1) is 19.1. The molecule has 2 saturated heterocycles. The van der Waals surface area contributed by atoms with E-state index >= 15 is 0 Å². The molecule has 0 spiro atoms. The summed E-state index contributed by atoms with van der Waals surface area (Å²) >= 11 is 0. The van der Waals surface area contributed by atoms with E-state index in [1.165, 1.54) is 5.56 Å². The lowest BCUT2D eigenvalue weighted by atomic mass is 9.99. The molecular formula is C17H26N6O2S. The standard InChI is InChI=1S/C17H26N6O2S/c18-20-19-14-16-6-8-22(9-7-16)26(24,25)23-12-10-21(11-13-23)15-17-4-2-1-3-5-17/h1-5,16H,6-15H2. The van der Waals surface area contributed by atoms with Gasteiger partial charge in [-0.3, -0.25) is 4.90 Å². The van der Waals surface area contributed by atoms with E-state index in [1.54, 1.807) is 8.61 Å². The smallest absolute Gasteiger partial charge is 0.282 e. The highest BCUT2D eigenvalue weighted by atomic mass is 32.2. The topological polar surface area (TPSA) is 92.6 Å². The van der Waals surface area contributed by atoms with Gasteiger partial charge in [0.05, 0.1) is 0 Å². The molecule has 0 amide bonds. The molecule has 0 N–H and O–H groups in total. The fraction of sp³-hybridized carbons (Fsp3) is 0.647. The highest BCUT2D eigenvalue weighted by molar-refractivity contribution is 7.86. The summed E-state index contributed by atoms with van der Waals surface area (Å²) in [5.41, 5.74) is 9.66. The third-order valence-corrected chi connectivity index (χ3v) is 7.24. The number of nitrogens with zero attached hydrogens (tertiary/aromatic N) is 6. The Morgan fingerprint density at radius 3 is 2.23 bits per heavy atom. The molecule has 0 radical (unpaired) electrons. The number of azide groups is 1. The lowest BCUT2D eigenvalue weighted by Gasteiger charge is -2.38. The summed E-state index contributed by atoms with van der Waals surface area (Å²) in [4.78, 5) is 5.09. The van der Waals surface area contributed by atoms with Crippen LogP contribution in [0.15, 0.2) is 35.4 Å². The van der Waals surface area contributed by atoms with Crippen LogP contribution in [0.25, 0.3) is 10.4 Å². The minimum absolute atomic E-state index is 0.292. The maximum atomic E-state index is 12.9. The van der Waals surface area contributed by atoms with Gasteiger partial charge >= 0.3 is 0 Å². The van der Waals surface area contributed by atoms with Crippen molar-refractivity contribution in [3.8, 4) is 0 Å². The molecule has 1 aromatic rings. The van der Waals surface area contributed by atoms with E-state index in [2.05, 4.69) is 27.1 Å². The number of hydrogen-bond acceptors (Lipinski definition) is 4. The fourth-order valence-corrected chi connectivity index (χ4v) is 5.22. The average molecular weight is 379 g/mol. The van der Waals surface area contributed by atoms with Gasteiger partial charge in [-0.1, -0.05) is 35.4 Å². The summed E-state index contributed by atoms with van der Waals surface area (Å²) in [6.07, 6.45) is 1.51. The maximum Gasteiger partial charge on any atom is 0.282 e. The van der Waals surface area contributed by atoms with Gasteiger partial charge in [-0.2, -0.15) is 17.0 Å². The Morgan fingerprint density at radius 2 is 1.62 bits per heavy atom. The SMILES string of the molecule is [N-]=[N+]=NCC1CCN(S(=O)(=O)N2CCN(Cc3ccccc3)CC2)CC1. The zero-order valence-electron chi connectivity index (χ0n) is 14.9. The van der Waals surface area contributed by atoms with Gasteiger partial charge in [-0.05, 0) is 29.9 Å². The highest BCUT2D eigenvalue weighted by Gasteiger charge is 2.34. The molecule has 9 heteroatoms. The summed E-state index contributed by atoms with van der Waals surface area (Å²) in [6.45, 7) is 4.92. The van der Waals surface area contributed by atoms with Gasteiger partial charge in [0.25, 0.3) is 10.2 Å². The molecule has 0 unspecified atom stereocenters. The van der Waals surface area contributed by atoms with Crippen LogP contribution in [0.4, 0.5) is 0 Å². The fourth-order valence-electron chi connectivity index (χ4n) is 3.60. The molecule has 2 aliphatic heterocycles. The predicted molar refractivity (Wildman–Crippen MR) is 101 cm³/mol. The highest BCUT2D eigenvalue weighted by Crippen LogP contribution is 2.22. The molecule has 0 bridgehead atoms. The Kier molecular flexibility index (Phi) is 6.50. The van der Waals surface area contributed by atoms with Crippen LogP contribution >= 0.6 is 0 Å². The third kappa shape index (κ3) is 4.75. The summed E-state index contributed by atoms with van der Waals surface area (Å²) in [6, 6.07) is 10.3. The van der Waals surface area contributed by atoms with Gasteiger partial charge in [0, 0.05) is 57.3 Å². The van der Waals surface area contributed by atoms with Crippen LogP contribution < -0.4 is 0 Å². The molecule has 0 aromatic heterocycles. The van der Waals surface area contributed by atoms with Crippen molar-refractivity contribution in [1.29, 1.82) is 0 Å². The molecule has 2 heterocycles. The monoisotopic (exact) mass is 378 g/mol. The van der Waals surface area contributed by atoms with Crippen molar-refractivity contribution in [2.24, 2.45) is 11.0 Å². The molecule has 26 heavy (non-hydrogen) atoms. The number of piperazine rings is 1. The second-order valence-corrected chi connectivity index (χ2v) is 8.85. The summed E-state index contributed by atoms with van der Waals surface area (Å²) in [5, 5.41) is 3.61. The van der Waals surface area contributed by atoms with Crippen LogP contribution in [-0.4, -0.2) is 67.7 Å². The Balaban J connectivity index is 1.49.